The van der Waals surface area contributed by atoms with Crippen LogP contribution in [0.25, 0.3) is 5.69 Å². The summed E-state index contributed by atoms with van der Waals surface area (Å²) in [4.78, 5) is 25.2. The minimum absolute atomic E-state index is 0.104. The summed E-state index contributed by atoms with van der Waals surface area (Å²) in [6, 6.07) is 9.26. The average Bonchev–Trinajstić information content (AvgIpc) is 3.27. The third-order valence-corrected chi connectivity index (χ3v) is 4.49. The van der Waals surface area contributed by atoms with E-state index in [4.69, 9.17) is 5.26 Å². The molecule has 1 aromatic carbocycles. The van der Waals surface area contributed by atoms with Crippen LogP contribution in [0.1, 0.15) is 48.9 Å². The number of hydrogen-bond donors (Lipinski definition) is 1. The van der Waals surface area contributed by atoms with Crippen molar-refractivity contribution in [2.24, 2.45) is 5.41 Å². The Morgan fingerprint density at radius 1 is 1.20 bits per heavy atom. The molecular weight excluding hydrogens is 378 g/mol. The molecule has 154 valence electrons. The van der Waals surface area contributed by atoms with E-state index < -0.39 is 0 Å². The topological polar surface area (TPSA) is 99.7 Å². The largest absolute Gasteiger partial charge is 0.306 e. The van der Waals surface area contributed by atoms with Gasteiger partial charge in [-0.05, 0) is 36.1 Å². The van der Waals surface area contributed by atoms with Gasteiger partial charge in [0.25, 0.3) is 5.91 Å². The van der Waals surface area contributed by atoms with Crippen LogP contribution in [0.4, 0.5) is 0 Å². The van der Waals surface area contributed by atoms with Crippen LogP contribution in [0.3, 0.4) is 0 Å². The van der Waals surface area contributed by atoms with Crippen molar-refractivity contribution in [3.8, 4) is 11.8 Å². The van der Waals surface area contributed by atoms with Crippen LogP contribution >= 0.6 is 0 Å². The predicted molar refractivity (Wildman–Crippen MR) is 112 cm³/mol. The number of rotatable bonds is 7. The van der Waals surface area contributed by atoms with E-state index in [2.05, 4.69) is 41.1 Å². The normalized spacial score (nSPS) is 11.1. The molecule has 0 atom stereocenters. The first-order valence-corrected chi connectivity index (χ1v) is 9.70. The number of nitrogens with one attached hydrogen (secondary N) is 1. The molecule has 0 aliphatic rings. The highest BCUT2D eigenvalue weighted by Gasteiger charge is 2.18. The van der Waals surface area contributed by atoms with Crippen molar-refractivity contribution in [2.75, 3.05) is 6.54 Å². The van der Waals surface area contributed by atoms with Gasteiger partial charge in [0, 0.05) is 48.1 Å². The standard InChI is InChI=1S/C22H25N7O/c1-22(2,3)8-9-27-29(15-17-13-25-20(12-23)26-14-17)21(30)18-4-6-19(7-5-18)28-11-10-24-16-28/h4-7,10-11,13-14,16,27H,8-9,15H2,1-3H3. The van der Waals surface area contributed by atoms with Gasteiger partial charge in [0.15, 0.2) is 0 Å². The Morgan fingerprint density at radius 3 is 2.47 bits per heavy atom. The maximum atomic E-state index is 13.2. The molecule has 0 spiro atoms. The summed E-state index contributed by atoms with van der Waals surface area (Å²) >= 11 is 0. The Morgan fingerprint density at radius 2 is 1.90 bits per heavy atom. The summed E-state index contributed by atoms with van der Waals surface area (Å²) in [6.07, 6.45) is 9.31. The molecule has 1 amide bonds. The second kappa shape index (κ2) is 9.29. The molecule has 0 saturated heterocycles. The predicted octanol–water partition coefficient (Wildman–Crippen LogP) is 3.12. The van der Waals surface area contributed by atoms with Gasteiger partial charge in [-0.2, -0.15) is 5.26 Å². The lowest BCUT2D eigenvalue weighted by Crippen LogP contribution is -2.43. The molecule has 0 fully saturated rings. The Hall–Kier alpha value is -3.57. The number of carbonyl (C=O) groups is 1. The van der Waals surface area contributed by atoms with Gasteiger partial charge in [-0.3, -0.25) is 9.80 Å². The molecule has 1 N–H and O–H groups in total. The lowest BCUT2D eigenvalue weighted by atomic mass is 9.92. The average molecular weight is 403 g/mol. The van der Waals surface area contributed by atoms with Gasteiger partial charge in [-0.25, -0.2) is 20.4 Å². The Bertz CT molecular complexity index is 998. The molecule has 2 heterocycles. The van der Waals surface area contributed by atoms with Crippen molar-refractivity contribution in [2.45, 2.75) is 33.7 Å². The number of carbonyl (C=O) groups excluding carboxylic acids is 1. The number of amides is 1. The Kier molecular flexibility index (Phi) is 6.54. The van der Waals surface area contributed by atoms with E-state index in [9.17, 15) is 4.79 Å². The first-order chi connectivity index (χ1) is 14.4. The first-order valence-electron chi connectivity index (χ1n) is 9.70. The third-order valence-electron chi connectivity index (χ3n) is 4.49. The molecule has 0 aliphatic carbocycles. The van der Waals surface area contributed by atoms with E-state index in [0.29, 0.717) is 12.1 Å². The Labute approximate surface area is 176 Å². The van der Waals surface area contributed by atoms with Gasteiger partial charge in [-0.15, -0.1) is 0 Å². The van der Waals surface area contributed by atoms with Gasteiger partial charge in [-0.1, -0.05) is 20.8 Å². The third kappa shape index (κ3) is 5.72. The van der Waals surface area contributed by atoms with Crippen molar-refractivity contribution in [1.29, 1.82) is 5.26 Å². The van der Waals surface area contributed by atoms with Crippen molar-refractivity contribution < 1.29 is 4.79 Å². The van der Waals surface area contributed by atoms with Crippen LogP contribution in [-0.2, 0) is 6.54 Å². The minimum Gasteiger partial charge on any atom is -0.306 e. The number of aromatic nitrogens is 4. The number of hydrogen-bond acceptors (Lipinski definition) is 6. The number of nitrogens with zero attached hydrogens (tertiary/aromatic N) is 6. The Balaban J connectivity index is 1.76. The van der Waals surface area contributed by atoms with Crippen LogP contribution in [-0.4, -0.2) is 37.0 Å². The van der Waals surface area contributed by atoms with Crippen molar-refractivity contribution in [1.82, 2.24) is 30.0 Å². The van der Waals surface area contributed by atoms with Gasteiger partial charge in [0.2, 0.25) is 5.82 Å². The smallest absolute Gasteiger partial charge is 0.268 e. The molecule has 30 heavy (non-hydrogen) atoms. The molecule has 0 saturated carbocycles. The molecule has 8 heteroatoms. The molecule has 8 nitrogen and oxygen atoms in total. The molecule has 3 aromatic rings. The van der Waals surface area contributed by atoms with Crippen LogP contribution < -0.4 is 5.43 Å². The highest BCUT2D eigenvalue weighted by molar-refractivity contribution is 5.94. The first kappa shape index (κ1) is 21.1. The van der Waals surface area contributed by atoms with Crippen LogP contribution in [0, 0.1) is 16.7 Å². The van der Waals surface area contributed by atoms with Crippen LogP contribution in [0.15, 0.2) is 55.4 Å². The molecular formula is C22H25N7O. The van der Waals surface area contributed by atoms with Crippen molar-refractivity contribution in [3.05, 3.63) is 72.3 Å². The molecule has 0 aliphatic heterocycles. The molecule has 0 radical (unpaired) electrons. The summed E-state index contributed by atoms with van der Waals surface area (Å²) in [7, 11) is 0. The molecule has 3 rings (SSSR count). The second-order valence-electron chi connectivity index (χ2n) is 8.15. The van der Waals surface area contributed by atoms with E-state index >= 15 is 0 Å². The minimum atomic E-state index is -0.148. The van der Waals surface area contributed by atoms with Crippen LogP contribution in [0.2, 0.25) is 0 Å². The van der Waals surface area contributed by atoms with E-state index in [1.165, 1.54) is 0 Å². The highest BCUT2D eigenvalue weighted by atomic mass is 16.2. The van der Waals surface area contributed by atoms with Gasteiger partial charge in [0.1, 0.15) is 6.07 Å². The van der Waals surface area contributed by atoms with E-state index in [1.54, 1.807) is 42.1 Å². The lowest BCUT2D eigenvalue weighted by Gasteiger charge is -2.26. The zero-order valence-electron chi connectivity index (χ0n) is 17.4. The summed E-state index contributed by atoms with van der Waals surface area (Å²) in [5, 5.41) is 10.4. The monoisotopic (exact) mass is 403 g/mol. The maximum absolute atomic E-state index is 13.2. The SMILES string of the molecule is CC(C)(C)CCNN(Cc1cnc(C#N)nc1)C(=O)c1ccc(-n2ccnc2)cc1. The number of imidazole rings is 1. The van der Waals surface area contributed by atoms with Gasteiger partial charge < -0.3 is 4.57 Å². The highest BCUT2D eigenvalue weighted by Crippen LogP contribution is 2.18. The van der Waals surface area contributed by atoms with Crippen molar-refractivity contribution in [3.63, 3.8) is 0 Å². The number of nitriles is 1. The van der Waals surface area contributed by atoms with E-state index in [1.807, 2.05) is 29.0 Å². The van der Waals surface area contributed by atoms with Gasteiger partial charge >= 0.3 is 0 Å². The van der Waals surface area contributed by atoms with E-state index in [0.717, 1.165) is 17.7 Å². The zero-order chi connectivity index (χ0) is 21.6. The molecule has 0 bridgehead atoms. The van der Waals surface area contributed by atoms with Gasteiger partial charge in [0.05, 0.1) is 12.9 Å². The summed E-state index contributed by atoms with van der Waals surface area (Å²) in [5.74, 6) is -0.0436. The zero-order valence-corrected chi connectivity index (χ0v) is 17.4. The lowest BCUT2D eigenvalue weighted by molar-refractivity contribution is 0.0629. The van der Waals surface area contributed by atoms with Crippen LogP contribution in [0.5, 0.6) is 0 Å². The fourth-order valence-corrected chi connectivity index (χ4v) is 2.79. The summed E-state index contributed by atoms with van der Waals surface area (Å²) < 4.78 is 1.88. The maximum Gasteiger partial charge on any atom is 0.268 e. The number of benzene rings is 1. The van der Waals surface area contributed by atoms with E-state index in [-0.39, 0.29) is 23.7 Å². The summed E-state index contributed by atoms with van der Waals surface area (Å²) in [6.45, 7) is 7.41. The molecule has 2 aromatic heterocycles. The second-order valence-corrected chi connectivity index (χ2v) is 8.15. The number of hydrazine groups is 1. The fourth-order valence-electron chi connectivity index (χ4n) is 2.79. The molecule has 0 unspecified atom stereocenters. The quantitative estimate of drug-likeness (QED) is 0.609. The van der Waals surface area contributed by atoms with Crippen molar-refractivity contribution >= 4 is 5.91 Å². The summed E-state index contributed by atoms with van der Waals surface area (Å²) in [5.41, 5.74) is 5.62. The fraction of sp³-hybridized carbons (Fsp3) is 0.318.